The molecule has 0 fully saturated rings. The minimum atomic E-state index is -0.209. The Morgan fingerprint density at radius 3 is 2.59 bits per heavy atom. The number of rotatable bonds is 6. The van der Waals surface area contributed by atoms with Gasteiger partial charge in [-0.25, -0.2) is 4.98 Å². The Labute approximate surface area is 156 Å². The molecule has 2 aromatic heterocycles. The van der Waals surface area contributed by atoms with Gasteiger partial charge in [0.05, 0.1) is 5.69 Å². The van der Waals surface area contributed by atoms with E-state index < -0.39 is 0 Å². The lowest BCUT2D eigenvalue weighted by Gasteiger charge is -2.22. The van der Waals surface area contributed by atoms with Crippen molar-refractivity contribution in [2.75, 3.05) is 12.0 Å². The Kier molecular flexibility index (Phi) is 5.60. The third kappa shape index (κ3) is 4.58. The van der Waals surface area contributed by atoms with Gasteiger partial charge >= 0.3 is 0 Å². The van der Waals surface area contributed by atoms with E-state index in [1.54, 1.807) is 60.8 Å². The van der Waals surface area contributed by atoms with Gasteiger partial charge in [-0.2, -0.15) is 5.26 Å². The number of hydrazine groups is 1. The maximum Gasteiger partial charge on any atom is 0.290 e. The van der Waals surface area contributed by atoms with Gasteiger partial charge in [-0.3, -0.25) is 20.2 Å². The summed E-state index contributed by atoms with van der Waals surface area (Å²) in [6.45, 7) is 2.35. The van der Waals surface area contributed by atoms with Crippen LogP contribution in [0.2, 0.25) is 0 Å². The molecule has 1 aromatic carbocycles. The maximum absolute atomic E-state index is 12.5. The molecule has 7 nitrogen and oxygen atoms in total. The highest BCUT2D eigenvalue weighted by Crippen LogP contribution is 2.23. The smallest absolute Gasteiger partial charge is 0.290 e. The van der Waals surface area contributed by atoms with Gasteiger partial charge in [0.25, 0.3) is 5.91 Å². The zero-order chi connectivity index (χ0) is 19.1. The Morgan fingerprint density at radius 2 is 1.93 bits per heavy atom. The van der Waals surface area contributed by atoms with E-state index in [-0.39, 0.29) is 11.6 Å². The second-order valence-electron chi connectivity index (χ2n) is 5.49. The molecule has 0 spiro atoms. The third-order valence-corrected chi connectivity index (χ3v) is 3.65. The second kappa shape index (κ2) is 8.45. The van der Waals surface area contributed by atoms with Crippen LogP contribution in [0.4, 0.5) is 5.69 Å². The van der Waals surface area contributed by atoms with Crippen molar-refractivity contribution in [1.29, 1.82) is 5.26 Å². The Bertz CT molecular complexity index is 952. The van der Waals surface area contributed by atoms with Crippen LogP contribution in [0, 0.1) is 11.3 Å². The SMILES string of the molecule is CCN(Nc1ccc(Oc2ccnc(C#N)c2)cc1)C(=O)c1ccccn1. The molecule has 0 saturated heterocycles. The first-order chi connectivity index (χ1) is 13.2. The van der Waals surface area contributed by atoms with E-state index in [0.29, 0.717) is 23.7 Å². The predicted molar refractivity (Wildman–Crippen MR) is 100 cm³/mol. The number of anilines is 1. The van der Waals surface area contributed by atoms with E-state index >= 15 is 0 Å². The van der Waals surface area contributed by atoms with Crippen LogP contribution in [0.15, 0.2) is 67.0 Å². The molecule has 3 rings (SSSR count). The van der Waals surface area contributed by atoms with E-state index in [1.807, 2.05) is 13.0 Å². The lowest BCUT2D eigenvalue weighted by molar-refractivity contribution is 0.0795. The molecule has 7 heteroatoms. The lowest BCUT2D eigenvalue weighted by Crippen LogP contribution is -2.36. The summed E-state index contributed by atoms with van der Waals surface area (Å²) in [4.78, 5) is 20.5. The number of amides is 1. The molecular formula is C20H17N5O2. The van der Waals surface area contributed by atoms with Gasteiger partial charge in [0.1, 0.15) is 29.0 Å². The number of nitrogens with one attached hydrogen (secondary N) is 1. The number of benzene rings is 1. The van der Waals surface area contributed by atoms with Crippen LogP contribution in [0.25, 0.3) is 0 Å². The zero-order valence-corrected chi connectivity index (χ0v) is 14.7. The van der Waals surface area contributed by atoms with E-state index in [1.165, 1.54) is 11.2 Å². The number of pyridine rings is 2. The summed E-state index contributed by atoms with van der Waals surface area (Å²) in [5.74, 6) is 0.928. The molecule has 0 aliphatic heterocycles. The first kappa shape index (κ1) is 17.9. The summed E-state index contributed by atoms with van der Waals surface area (Å²) >= 11 is 0. The largest absolute Gasteiger partial charge is 0.457 e. The highest BCUT2D eigenvalue weighted by atomic mass is 16.5. The van der Waals surface area contributed by atoms with Crippen molar-refractivity contribution in [3.63, 3.8) is 0 Å². The van der Waals surface area contributed by atoms with Gasteiger partial charge in [-0.15, -0.1) is 0 Å². The van der Waals surface area contributed by atoms with Crippen LogP contribution < -0.4 is 10.2 Å². The van der Waals surface area contributed by atoms with Crippen molar-refractivity contribution in [3.8, 4) is 17.6 Å². The molecule has 2 heterocycles. The molecule has 0 aliphatic rings. The quantitative estimate of drug-likeness (QED) is 0.676. The van der Waals surface area contributed by atoms with E-state index in [2.05, 4.69) is 15.4 Å². The second-order valence-corrected chi connectivity index (χ2v) is 5.49. The normalized spacial score (nSPS) is 9.93. The first-order valence-electron chi connectivity index (χ1n) is 8.33. The molecule has 0 unspecified atom stereocenters. The molecule has 0 bridgehead atoms. The Hall–Kier alpha value is -3.92. The number of nitrogens with zero attached hydrogens (tertiary/aromatic N) is 4. The molecule has 1 N–H and O–H groups in total. The Balaban J connectivity index is 1.67. The zero-order valence-electron chi connectivity index (χ0n) is 14.7. The predicted octanol–water partition coefficient (Wildman–Crippen LogP) is 3.63. The molecular weight excluding hydrogens is 342 g/mol. The number of carbonyl (C=O) groups is 1. The molecule has 27 heavy (non-hydrogen) atoms. The third-order valence-electron chi connectivity index (χ3n) is 3.65. The number of hydrogen-bond donors (Lipinski definition) is 1. The molecule has 0 aliphatic carbocycles. The minimum absolute atomic E-state index is 0.209. The van der Waals surface area contributed by atoms with Crippen LogP contribution in [-0.2, 0) is 0 Å². The highest BCUT2D eigenvalue weighted by Gasteiger charge is 2.15. The van der Waals surface area contributed by atoms with Crippen LogP contribution in [-0.4, -0.2) is 27.4 Å². The van der Waals surface area contributed by atoms with Crippen molar-refractivity contribution in [1.82, 2.24) is 15.0 Å². The van der Waals surface area contributed by atoms with Crippen molar-refractivity contribution in [2.45, 2.75) is 6.92 Å². The summed E-state index contributed by atoms with van der Waals surface area (Å²) in [7, 11) is 0. The summed E-state index contributed by atoms with van der Waals surface area (Å²) in [6.07, 6.45) is 3.11. The highest BCUT2D eigenvalue weighted by molar-refractivity contribution is 5.93. The monoisotopic (exact) mass is 359 g/mol. The van der Waals surface area contributed by atoms with Gasteiger partial charge in [0.2, 0.25) is 0 Å². The van der Waals surface area contributed by atoms with Crippen LogP contribution in [0.1, 0.15) is 23.1 Å². The fraction of sp³-hybridized carbons (Fsp3) is 0.100. The number of hydrogen-bond acceptors (Lipinski definition) is 6. The average molecular weight is 359 g/mol. The number of nitriles is 1. The fourth-order valence-electron chi connectivity index (χ4n) is 2.33. The van der Waals surface area contributed by atoms with Gasteiger partial charge < -0.3 is 4.74 Å². The lowest BCUT2D eigenvalue weighted by atomic mass is 10.3. The van der Waals surface area contributed by atoms with E-state index in [9.17, 15) is 4.79 Å². The number of aromatic nitrogens is 2. The number of ether oxygens (including phenoxy) is 1. The standard InChI is InChI=1S/C20H17N5O2/c1-2-25(20(26)19-5-3-4-11-23-19)24-15-6-8-17(9-7-15)27-18-10-12-22-16(13-18)14-21/h3-13,24H,2H2,1H3. The summed E-state index contributed by atoms with van der Waals surface area (Å²) in [5.41, 5.74) is 4.47. The van der Waals surface area contributed by atoms with E-state index in [4.69, 9.17) is 10.00 Å². The van der Waals surface area contributed by atoms with Gasteiger partial charge in [-0.05, 0) is 49.4 Å². The molecule has 0 radical (unpaired) electrons. The molecule has 0 atom stereocenters. The fourth-order valence-corrected chi connectivity index (χ4v) is 2.33. The molecule has 3 aromatic rings. The van der Waals surface area contributed by atoms with Gasteiger partial charge in [0, 0.05) is 25.0 Å². The van der Waals surface area contributed by atoms with Crippen molar-refractivity contribution in [2.24, 2.45) is 0 Å². The molecule has 0 saturated carbocycles. The molecule has 1 amide bonds. The van der Waals surface area contributed by atoms with Crippen LogP contribution >= 0.6 is 0 Å². The van der Waals surface area contributed by atoms with Gasteiger partial charge in [-0.1, -0.05) is 6.07 Å². The van der Waals surface area contributed by atoms with Crippen molar-refractivity contribution < 1.29 is 9.53 Å². The average Bonchev–Trinajstić information content (AvgIpc) is 2.73. The first-order valence-corrected chi connectivity index (χ1v) is 8.33. The van der Waals surface area contributed by atoms with Crippen LogP contribution in [0.5, 0.6) is 11.5 Å². The van der Waals surface area contributed by atoms with Crippen molar-refractivity contribution >= 4 is 11.6 Å². The Morgan fingerprint density at radius 1 is 1.11 bits per heavy atom. The van der Waals surface area contributed by atoms with Crippen molar-refractivity contribution in [3.05, 3.63) is 78.4 Å². The summed E-state index contributed by atoms with van der Waals surface area (Å²) < 4.78 is 5.71. The summed E-state index contributed by atoms with van der Waals surface area (Å²) in [5, 5.41) is 10.4. The minimum Gasteiger partial charge on any atom is -0.457 e. The molecule has 134 valence electrons. The van der Waals surface area contributed by atoms with Crippen LogP contribution in [0.3, 0.4) is 0 Å². The number of carbonyl (C=O) groups excluding carboxylic acids is 1. The van der Waals surface area contributed by atoms with E-state index in [0.717, 1.165) is 5.69 Å². The summed E-state index contributed by atoms with van der Waals surface area (Å²) in [6, 6.07) is 17.6. The topological polar surface area (TPSA) is 91.1 Å². The maximum atomic E-state index is 12.5. The van der Waals surface area contributed by atoms with Gasteiger partial charge in [0.15, 0.2) is 0 Å².